The first-order chi connectivity index (χ1) is 7.75. The van der Waals surface area contributed by atoms with Crippen molar-refractivity contribution in [2.24, 2.45) is 0 Å². The normalized spacial score (nSPS) is 10.6. The average molecular weight is 301 g/mol. The fourth-order valence-electron chi connectivity index (χ4n) is 1.39. The quantitative estimate of drug-likeness (QED) is 0.911. The highest BCUT2D eigenvalue weighted by atomic mass is 79.9. The van der Waals surface area contributed by atoms with Crippen molar-refractivity contribution in [1.82, 2.24) is 15.5 Å². The van der Waals surface area contributed by atoms with E-state index in [0.29, 0.717) is 0 Å². The summed E-state index contributed by atoms with van der Waals surface area (Å²) in [5.74, 6) is 0. The number of H-pyrrole nitrogens is 1. The maximum Gasteiger partial charge on any atom is 0.0490 e. The Bertz CT molecular complexity index is 456. The van der Waals surface area contributed by atoms with Gasteiger partial charge in [-0.2, -0.15) is 5.10 Å². The maximum atomic E-state index is 6.08. The van der Waals surface area contributed by atoms with Gasteiger partial charge >= 0.3 is 0 Å². The molecule has 1 aromatic heterocycles. The SMILES string of the molecule is Clc1ccc(Br)cc1CNCc1ccn[nH]1. The van der Waals surface area contributed by atoms with Crippen LogP contribution < -0.4 is 5.32 Å². The number of halogens is 2. The molecule has 16 heavy (non-hydrogen) atoms. The fraction of sp³-hybridized carbons (Fsp3) is 0.182. The molecule has 1 heterocycles. The molecule has 0 saturated carbocycles. The van der Waals surface area contributed by atoms with Crippen LogP contribution in [0.25, 0.3) is 0 Å². The summed E-state index contributed by atoms with van der Waals surface area (Å²) in [4.78, 5) is 0. The zero-order valence-corrected chi connectivity index (χ0v) is 10.8. The molecule has 2 rings (SSSR count). The van der Waals surface area contributed by atoms with Gasteiger partial charge in [0.1, 0.15) is 0 Å². The molecule has 3 nitrogen and oxygen atoms in total. The summed E-state index contributed by atoms with van der Waals surface area (Å²) >= 11 is 9.50. The van der Waals surface area contributed by atoms with Gasteiger partial charge in [0.05, 0.1) is 0 Å². The highest BCUT2D eigenvalue weighted by Crippen LogP contribution is 2.20. The standard InChI is InChI=1S/C11H11BrClN3/c12-9-1-2-11(13)8(5-9)6-14-7-10-3-4-15-16-10/h1-5,14H,6-7H2,(H,15,16). The molecule has 0 spiro atoms. The molecule has 2 aromatic rings. The van der Waals surface area contributed by atoms with E-state index in [-0.39, 0.29) is 0 Å². The third-order valence-corrected chi connectivity index (χ3v) is 3.06. The van der Waals surface area contributed by atoms with Gasteiger partial charge in [0.15, 0.2) is 0 Å². The summed E-state index contributed by atoms with van der Waals surface area (Å²) in [6, 6.07) is 7.78. The van der Waals surface area contributed by atoms with Gasteiger partial charge in [-0.15, -0.1) is 0 Å². The molecule has 0 aliphatic rings. The third-order valence-electron chi connectivity index (χ3n) is 2.20. The van der Waals surface area contributed by atoms with Crippen LogP contribution in [-0.2, 0) is 13.1 Å². The van der Waals surface area contributed by atoms with Crippen molar-refractivity contribution in [3.8, 4) is 0 Å². The molecular formula is C11H11BrClN3. The van der Waals surface area contributed by atoms with Crippen molar-refractivity contribution in [1.29, 1.82) is 0 Å². The van der Waals surface area contributed by atoms with Crippen molar-refractivity contribution in [2.45, 2.75) is 13.1 Å². The van der Waals surface area contributed by atoms with Gasteiger partial charge in [-0.25, -0.2) is 0 Å². The molecule has 5 heteroatoms. The van der Waals surface area contributed by atoms with E-state index >= 15 is 0 Å². The van der Waals surface area contributed by atoms with E-state index in [0.717, 1.165) is 33.8 Å². The average Bonchev–Trinajstić information content (AvgIpc) is 2.76. The minimum atomic E-state index is 0.733. The Morgan fingerprint density at radius 3 is 2.94 bits per heavy atom. The lowest BCUT2D eigenvalue weighted by Crippen LogP contribution is -2.13. The molecule has 0 amide bonds. The minimum absolute atomic E-state index is 0.733. The topological polar surface area (TPSA) is 40.7 Å². The summed E-state index contributed by atoms with van der Waals surface area (Å²) in [6.45, 7) is 1.49. The molecule has 0 radical (unpaired) electrons. The third kappa shape index (κ3) is 3.07. The molecule has 0 atom stereocenters. The molecule has 1 aromatic carbocycles. The van der Waals surface area contributed by atoms with Gasteiger partial charge < -0.3 is 5.32 Å². The number of rotatable bonds is 4. The second-order valence-corrected chi connectivity index (χ2v) is 4.74. The Labute approximate surface area is 107 Å². The van der Waals surface area contributed by atoms with Crippen LogP contribution in [0.3, 0.4) is 0 Å². The largest absolute Gasteiger partial charge is 0.307 e. The molecule has 0 unspecified atom stereocenters. The van der Waals surface area contributed by atoms with Crippen molar-refractivity contribution >= 4 is 27.5 Å². The summed E-state index contributed by atoms with van der Waals surface area (Å²) in [7, 11) is 0. The first-order valence-corrected chi connectivity index (χ1v) is 6.05. The van der Waals surface area contributed by atoms with Crippen LogP contribution in [0.15, 0.2) is 34.9 Å². The van der Waals surface area contributed by atoms with Gasteiger partial charge in [-0.3, -0.25) is 5.10 Å². The molecule has 0 aliphatic carbocycles. The van der Waals surface area contributed by atoms with Crippen molar-refractivity contribution in [2.75, 3.05) is 0 Å². The lowest BCUT2D eigenvalue weighted by molar-refractivity contribution is 0.677. The minimum Gasteiger partial charge on any atom is -0.307 e. The molecule has 84 valence electrons. The second kappa shape index (κ2) is 5.48. The van der Waals surface area contributed by atoms with Gasteiger partial charge in [-0.05, 0) is 29.8 Å². The number of hydrogen-bond acceptors (Lipinski definition) is 2. The van der Waals surface area contributed by atoms with Crippen LogP contribution in [0.1, 0.15) is 11.3 Å². The van der Waals surface area contributed by atoms with Crippen LogP contribution >= 0.6 is 27.5 Å². The Hall–Kier alpha value is -0.840. The van der Waals surface area contributed by atoms with Crippen LogP contribution in [-0.4, -0.2) is 10.2 Å². The second-order valence-electron chi connectivity index (χ2n) is 3.42. The Morgan fingerprint density at radius 2 is 2.19 bits per heavy atom. The van der Waals surface area contributed by atoms with Crippen LogP contribution in [0.2, 0.25) is 5.02 Å². The fourth-order valence-corrected chi connectivity index (χ4v) is 1.99. The van der Waals surface area contributed by atoms with Gasteiger partial charge in [0.2, 0.25) is 0 Å². The highest BCUT2D eigenvalue weighted by molar-refractivity contribution is 9.10. The van der Waals surface area contributed by atoms with Crippen LogP contribution in [0.4, 0.5) is 0 Å². The Kier molecular flexibility index (Phi) is 3.98. The predicted octanol–water partition coefficient (Wildman–Crippen LogP) is 3.12. The van der Waals surface area contributed by atoms with E-state index in [9.17, 15) is 0 Å². The number of hydrogen-bond donors (Lipinski definition) is 2. The monoisotopic (exact) mass is 299 g/mol. The Balaban J connectivity index is 1.92. The van der Waals surface area contributed by atoms with E-state index in [4.69, 9.17) is 11.6 Å². The maximum absolute atomic E-state index is 6.08. The number of benzene rings is 1. The van der Waals surface area contributed by atoms with E-state index in [2.05, 4.69) is 31.4 Å². The van der Waals surface area contributed by atoms with Crippen molar-refractivity contribution in [3.05, 3.63) is 51.2 Å². The Morgan fingerprint density at radius 1 is 1.31 bits per heavy atom. The molecule has 0 bridgehead atoms. The first kappa shape index (κ1) is 11.6. The molecule has 2 N–H and O–H groups in total. The molecule has 0 fully saturated rings. The van der Waals surface area contributed by atoms with E-state index in [1.165, 1.54) is 0 Å². The molecule has 0 aliphatic heterocycles. The van der Waals surface area contributed by atoms with Gasteiger partial charge in [-0.1, -0.05) is 27.5 Å². The summed E-state index contributed by atoms with van der Waals surface area (Å²) < 4.78 is 1.04. The first-order valence-electron chi connectivity index (χ1n) is 4.88. The van der Waals surface area contributed by atoms with Gasteiger partial charge in [0, 0.05) is 34.5 Å². The number of aromatic nitrogens is 2. The van der Waals surface area contributed by atoms with E-state index < -0.39 is 0 Å². The predicted molar refractivity (Wildman–Crippen MR) is 68.3 cm³/mol. The van der Waals surface area contributed by atoms with Crippen LogP contribution in [0, 0.1) is 0 Å². The number of nitrogens with zero attached hydrogens (tertiary/aromatic N) is 1. The van der Waals surface area contributed by atoms with E-state index in [1.54, 1.807) is 6.20 Å². The van der Waals surface area contributed by atoms with E-state index in [1.807, 2.05) is 24.3 Å². The summed E-state index contributed by atoms with van der Waals surface area (Å²) in [6.07, 6.45) is 1.74. The van der Waals surface area contributed by atoms with Crippen molar-refractivity contribution < 1.29 is 0 Å². The van der Waals surface area contributed by atoms with Gasteiger partial charge in [0.25, 0.3) is 0 Å². The summed E-state index contributed by atoms with van der Waals surface area (Å²) in [5.41, 5.74) is 2.14. The molecular weight excluding hydrogens is 289 g/mol. The zero-order chi connectivity index (χ0) is 11.4. The molecule has 0 saturated heterocycles. The number of aromatic amines is 1. The van der Waals surface area contributed by atoms with Crippen LogP contribution in [0.5, 0.6) is 0 Å². The highest BCUT2D eigenvalue weighted by Gasteiger charge is 2.01. The number of nitrogens with one attached hydrogen (secondary N) is 2. The lowest BCUT2D eigenvalue weighted by Gasteiger charge is -2.06. The summed E-state index contributed by atoms with van der Waals surface area (Å²) in [5, 5.41) is 10.8. The lowest BCUT2D eigenvalue weighted by atomic mass is 10.2. The van der Waals surface area contributed by atoms with Crippen molar-refractivity contribution in [3.63, 3.8) is 0 Å². The zero-order valence-electron chi connectivity index (χ0n) is 8.50. The smallest absolute Gasteiger partial charge is 0.0490 e.